The Morgan fingerprint density at radius 2 is 1.63 bits per heavy atom. The molecular weight excluding hydrogens is 525 g/mol. The second-order valence-corrected chi connectivity index (χ2v) is 9.71. The van der Waals surface area contributed by atoms with Crippen molar-refractivity contribution in [2.24, 2.45) is 5.16 Å². The van der Waals surface area contributed by atoms with Gasteiger partial charge in [-0.25, -0.2) is 4.39 Å². The molecule has 9 heteroatoms. The molecular formula is C32H30FN3O5. The molecule has 0 aliphatic heterocycles. The average molecular weight is 556 g/mol. The van der Waals surface area contributed by atoms with E-state index in [4.69, 9.17) is 0 Å². The first-order valence-electron chi connectivity index (χ1n) is 12.9. The van der Waals surface area contributed by atoms with Gasteiger partial charge in [-0.05, 0) is 72.0 Å². The third kappa shape index (κ3) is 7.13. The molecule has 1 amide bonds. The monoisotopic (exact) mass is 555 g/mol. The van der Waals surface area contributed by atoms with Crippen LogP contribution >= 0.6 is 0 Å². The molecule has 0 aliphatic carbocycles. The van der Waals surface area contributed by atoms with E-state index in [9.17, 15) is 24.0 Å². The summed E-state index contributed by atoms with van der Waals surface area (Å²) in [6.45, 7) is 3.52. The lowest BCUT2D eigenvalue weighted by Gasteiger charge is -2.21. The van der Waals surface area contributed by atoms with Gasteiger partial charge in [-0.1, -0.05) is 47.6 Å². The Bertz CT molecular complexity index is 1640. The number of aromatic nitrogens is 1. The van der Waals surface area contributed by atoms with E-state index >= 15 is 0 Å². The van der Waals surface area contributed by atoms with Crippen molar-refractivity contribution in [1.29, 1.82) is 0 Å². The van der Waals surface area contributed by atoms with Crippen molar-refractivity contribution in [3.8, 4) is 11.1 Å². The largest absolute Gasteiger partial charge is 0.469 e. The zero-order valence-electron chi connectivity index (χ0n) is 22.9. The molecule has 0 spiro atoms. The fourth-order valence-corrected chi connectivity index (χ4v) is 4.67. The molecule has 0 saturated carbocycles. The van der Waals surface area contributed by atoms with Crippen molar-refractivity contribution >= 4 is 23.3 Å². The zero-order chi connectivity index (χ0) is 29.5. The average Bonchev–Trinajstić information content (AvgIpc) is 2.96. The van der Waals surface area contributed by atoms with E-state index in [1.807, 2.05) is 43.3 Å². The van der Waals surface area contributed by atoms with Crippen LogP contribution in [0.25, 0.3) is 11.1 Å². The first kappa shape index (κ1) is 28.9. The molecule has 41 heavy (non-hydrogen) atoms. The molecule has 4 aromatic rings. The Morgan fingerprint density at radius 3 is 2.22 bits per heavy atom. The lowest BCUT2D eigenvalue weighted by Crippen LogP contribution is -2.17. The number of anilines is 1. The number of esters is 1. The Labute approximate surface area is 236 Å². The van der Waals surface area contributed by atoms with E-state index in [0.717, 1.165) is 27.8 Å². The minimum absolute atomic E-state index is 0.218. The second kappa shape index (κ2) is 12.9. The fraction of sp³-hybridized carbons (Fsp3) is 0.188. The summed E-state index contributed by atoms with van der Waals surface area (Å²) < 4.78 is 18.5. The number of hydrogen-bond donors (Lipinski definition) is 3. The highest BCUT2D eigenvalue weighted by Gasteiger charge is 2.21. The number of methoxy groups -OCH3 is 1. The summed E-state index contributed by atoms with van der Waals surface area (Å²) in [6.07, 6.45) is 1.45. The maximum absolute atomic E-state index is 14.0. The Morgan fingerprint density at radius 1 is 0.976 bits per heavy atom. The van der Waals surface area contributed by atoms with Gasteiger partial charge in [0.25, 0.3) is 5.56 Å². The molecule has 0 aliphatic rings. The molecule has 1 heterocycles. The molecule has 4 rings (SSSR count). The van der Waals surface area contributed by atoms with Gasteiger partial charge in [0.15, 0.2) is 0 Å². The number of rotatable bonds is 9. The number of oxime groups is 1. The van der Waals surface area contributed by atoms with Crippen molar-refractivity contribution in [1.82, 2.24) is 4.98 Å². The Balaban J connectivity index is 1.61. The van der Waals surface area contributed by atoms with Crippen LogP contribution in [0.4, 0.5) is 10.1 Å². The number of nitrogens with one attached hydrogen (secondary N) is 2. The van der Waals surface area contributed by atoms with Crippen molar-refractivity contribution in [2.45, 2.75) is 32.6 Å². The molecule has 210 valence electrons. The van der Waals surface area contributed by atoms with E-state index < -0.39 is 11.9 Å². The van der Waals surface area contributed by atoms with Crippen LogP contribution < -0.4 is 10.9 Å². The topological polar surface area (TPSA) is 121 Å². The predicted octanol–water partition coefficient (Wildman–Crippen LogP) is 5.70. The number of carbonyl (C=O) groups excluding carboxylic acids is 2. The molecule has 0 bridgehead atoms. The molecule has 0 saturated heterocycles. The first-order chi connectivity index (χ1) is 19.7. The summed E-state index contributed by atoms with van der Waals surface area (Å²) in [5, 5.41) is 16.1. The maximum Gasteiger partial charge on any atom is 0.315 e. The van der Waals surface area contributed by atoms with E-state index in [1.165, 1.54) is 25.4 Å². The van der Waals surface area contributed by atoms with Crippen molar-refractivity contribution in [3.05, 3.63) is 123 Å². The van der Waals surface area contributed by atoms with Crippen molar-refractivity contribution < 1.29 is 23.9 Å². The van der Waals surface area contributed by atoms with Crippen LogP contribution in [0.2, 0.25) is 0 Å². The standard InChI is InChI=1S/C32H30FN3O5/c1-19-15-25(33)10-13-27(19)28(16-29(36-40)24-14-20(2)32(39)34-18-24)23-6-4-21(5-7-23)22-8-11-26(12-9-22)35-30(37)17-31(38)41-3/h4-15,18,28,40H,16-17H2,1-3H3,(H,34,39)(H,35,37)/b36-29+. The summed E-state index contributed by atoms with van der Waals surface area (Å²) >= 11 is 0. The lowest BCUT2D eigenvalue weighted by molar-refractivity contribution is -0.142. The summed E-state index contributed by atoms with van der Waals surface area (Å²) in [4.78, 5) is 37.8. The van der Waals surface area contributed by atoms with Gasteiger partial charge in [-0.3, -0.25) is 14.4 Å². The minimum Gasteiger partial charge on any atom is -0.469 e. The van der Waals surface area contributed by atoms with Gasteiger partial charge in [0.05, 0.1) is 12.8 Å². The maximum atomic E-state index is 14.0. The van der Waals surface area contributed by atoms with E-state index in [-0.39, 0.29) is 23.7 Å². The summed E-state index contributed by atoms with van der Waals surface area (Å²) in [5.74, 6) is -1.67. The molecule has 1 aromatic heterocycles. The number of hydrogen-bond acceptors (Lipinski definition) is 6. The normalized spacial score (nSPS) is 12.0. The molecule has 3 aromatic carbocycles. The third-order valence-corrected chi connectivity index (χ3v) is 6.90. The summed E-state index contributed by atoms with van der Waals surface area (Å²) in [7, 11) is 1.23. The van der Waals surface area contributed by atoms with Gasteiger partial charge in [0.2, 0.25) is 5.91 Å². The highest BCUT2D eigenvalue weighted by atomic mass is 19.1. The first-order valence-corrected chi connectivity index (χ1v) is 12.9. The third-order valence-electron chi connectivity index (χ3n) is 6.90. The number of aryl methyl sites for hydroxylation is 2. The summed E-state index contributed by atoms with van der Waals surface area (Å²) in [5.41, 5.74) is 6.23. The molecule has 8 nitrogen and oxygen atoms in total. The number of pyridine rings is 1. The summed E-state index contributed by atoms with van der Waals surface area (Å²) in [6, 6.07) is 21.4. The second-order valence-electron chi connectivity index (χ2n) is 9.71. The van der Waals surface area contributed by atoms with Crippen molar-refractivity contribution in [2.75, 3.05) is 12.4 Å². The van der Waals surface area contributed by atoms with Gasteiger partial charge in [0.1, 0.15) is 12.2 Å². The number of halogens is 1. The minimum atomic E-state index is -0.612. The number of amides is 1. The van der Waals surface area contributed by atoms with E-state index in [1.54, 1.807) is 31.2 Å². The molecule has 0 radical (unpaired) electrons. The van der Waals surface area contributed by atoms with Crippen molar-refractivity contribution in [3.63, 3.8) is 0 Å². The number of H-pyrrole nitrogens is 1. The van der Waals surface area contributed by atoms with E-state index in [2.05, 4.69) is 20.2 Å². The Hall–Kier alpha value is -5.05. The highest BCUT2D eigenvalue weighted by molar-refractivity contribution is 6.02. The van der Waals surface area contributed by atoms with Crippen LogP contribution in [0.1, 0.15) is 46.6 Å². The SMILES string of the molecule is COC(=O)CC(=O)Nc1ccc(-c2ccc(C(C/C(=N\O)c3c[nH]c(=O)c(C)c3)c3ccc(F)cc3C)cc2)cc1. The number of ether oxygens (including phenoxy) is 1. The van der Waals surface area contributed by atoms with Crippen LogP contribution in [0.15, 0.2) is 88.9 Å². The van der Waals surface area contributed by atoms with Crippen LogP contribution in [0.3, 0.4) is 0 Å². The van der Waals surface area contributed by atoms with Gasteiger partial charge in [0, 0.05) is 35.3 Å². The molecule has 0 fully saturated rings. The number of carbonyl (C=O) groups is 2. The van der Waals surface area contributed by atoms with E-state index in [0.29, 0.717) is 28.9 Å². The molecule has 1 unspecified atom stereocenters. The molecule has 3 N–H and O–H groups in total. The van der Waals surface area contributed by atoms with Gasteiger partial charge >= 0.3 is 5.97 Å². The Kier molecular flexibility index (Phi) is 9.08. The van der Waals surface area contributed by atoms with Gasteiger partial charge in [-0.2, -0.15) is 0 Å². The quantitative estimate of drug-likeness (QED) is 0.0804. The number of benzene rings is 3. The fourth-order valence-electron chi connectivity index (χ4n) is 4.67. The van der Waals surface area contributed by atoms with Crippen LogP contribution in [-0.2, 0) is 14.3 Å². The van der Waals surface area contributed by atoms with Crippen LogP contribution in [0, 0.1) is 19.7 Å². The lowest BCUT2D eigenvalue weighted by atomic mass is 9.83. The molecule has 1 atom stereocenters. The number of nitrogens with zero attached hydrogens (tertiary/aromatic N) is 1. The predicted molar refractivity (Wildman–Crippen MR) is 155 cm³/mol. The van der Waals surface area contributed by atoms with Crippen LogP contribution in [-0.4, -0.2) is 34.9 Å². The number of aromatic amines is 1. The van der Waals surface area contributed by atoms with Crippen LogP contribution in [0.5, 0.6) is 0 Å². The van der Waals surface area contributed by atoms with Gasteiger partial charge < -0.3 is 20.2 Å². The zero-order valence-corrected chi connectivity index (χ0v) is 22.9. The smallest absolute Gasteiger partial charge is 0.315 e. The van der Waals surface area contributed by atoms with Gasteiger partial charge in [-0.15, -0.1) is 0 Å². The highest BCUT2D eigenvalue weighted by Crippen LogP contribution is 2.34.